The fourth-order valence-corrected chi connectivity index (χ4v) is 2.84. The van der Waals surface area contributed by atoms with Gasteiger partial charge in [-0.25, -0.2) is 0 Å². The first-order valence-electron chi connectivity index (χ1n) is 4.98. The number of hydrogen-bond acceptors (Lipinski definition) is 4. The first-order chi connectivity index (χ1) is 8.97. The zero-order chi connectivity index (χ0) is 14.0. The van der Waals surface area contributed by atoms with Crippen molar-refractivity contribution in [1.29, 1.82) is 0 Å². The van der Waals surface area contributed by atoms with E-state index in [1.54, 1.807) is 12.1 Å². The first-order valence-corrected chi connectivity index (χ1v) is 6.97. The molecule has 0 saturated heterocycles. The molecule has 19 heavy (non-hydrogen) atoms. The van der Waals surface area contributed by atoms with Gasteiger partial charge in [-0.05, 0) is 34.1 Å². The summed E-state index contributed by atoms with van der Waals surface area (Å²) in [6, 6.07) is 7.31. The van der Waals surface area contributed by atoms with Crippen molar-refractivity contribution in [3.05, 3.63) is 54.1 Å². The Morgan fingerprint density at radius 1 is 1.37 bits per heavy atom. The molecule has 0 unspecified atom stereocenters. The molecule has 1 aromatic carbocycles. The van der Waals surface area contributed by atoms with E-state index in [0.29, 0.717) is 10.6 Å². The number of carbonyl (C=O) groups is 1. The standard InChI is InChI=1S/C11H6BrClN2O3S/c12-10-4-3-9(19-10)11(16)14-8-2-1-6(15(17)18)5-7(8)13/h1-5H,(H,14,16). The molecule has 5 nitrogen and oxygen atoms in total. The second-order valence-electron chi connectivity index (χ2n) is 3.48. The van der Waals surface area contributed by atoms with Crippen molar-refractivity contribution in [3.8, 4) is 0 Å². The Kier molecular flexibility index (Phi) is 4.18. The number of nitrogens with zero attached hydrogens (tertiary/aromatic N) is 1. The van der Waals surface area contributed by atoms with E-state index < -0.39 is 4.92 Å². The summed E-state index contributed by atoms with van der Waals surface area (Å²) in [6.07, 6.45) is 0. The highest BCUT2D eigenvalue weighted by Crippen LogP contribution is 2.28. The SMILES string of the molecule is O=C(Nc1ccc([N+](=O)[O-])cc1Cl)c1ccc(Br)s1. The molecule has 2 rings (SSSR count). The van der Waals surface area contributed by atoms with E-state index in [9.17, 15) is 14.9 Å². The van der Waals surface area contributed by atoms with E-state index in [4.69, 9.17) is 11.6 Å². The number of carbonyl (C=O) groups excluding carboxylic acids is 1. The van der Waals surface area contributed by atoms with Gasteiger partial charge in [0.05, 0.1) is 24.3 Å². The molecule has 2 aromatic rings. The van der Waals surface area contributed by atoms with Gasteiger partial charge in [0, 0.05) is 12.1 Å². The Morgan fingerprint density at radius 2 is 2.11 bits per heavy atom. The van der Waals surface area contributed by atoms with Crippen molar-refractivity contribution in [2.24, 2.45) is 0 Å². The lowest BCUT2D eigenvalue weighted by Gasteiger charge is -2.05. The van der Waals surface area contributed by atoms with Crippen molar-refractivity contribution < 1.29 is 9.72 Å². The van der Waals surface area contributed by atoms with Crippen LogP contribution in [0.1, 0.15) is 9.67 Å². The number of hydrogen-bond donors (Lipinski definition) is 1. The van der Waals surface area contributed by atoms with E-state index in [1.807, 2.05) is 0 Å². The van der Waals surface area contributed by atoms with Gasteiger partial charge >= 0.3 is 0 Å². The Balaban J connectivity index is 2.20. The van der Waals surface area contributed by atoms with Gasteiger partial charge in [-0.2, -0.15) is 0 Å². The number of benzene rings is 1. The van der Waals surface area contributed by atoms with Crippen molar-refractivity contribution in [2.45, 2.75) is 0 Å². The molecule has 0 spiro atoms. The molecule has 0 radical (unpaired) electrons. The molecular formula is C11H6BrClN2O3S. The average molecular weight is 362 g/mol. The quantitative estimate of drug-likeness (QED) is 0.653. The van der Waals surface area contributed by atoms with Gasteiger partial charge in [-0.15, -0.1) is 11.3 Å². The van der Waals surface area contributed by atoms with Gasteiger partial charge in [0.2, 0.25) is 0 Å². The predicted octanol–water partition coefficient (Wildman–Crippen LogP) is 4.32. The highest BCUT2D eigenvalue weighted by molar-refractivity contribution is 9.11. The zero-order valence-electron chi connectivity index (χ0n) is 9.22. The monoisotopic (exact) mass is 360 g/mol. The van der Waals surface area contributed by atoms with Gasteiger partial charge in [0.25, 0.3) is 11.6 Å². The number of anilines is 1. The molecular weight excluding hydrogens is 356 g/mol. The zero-order valence-corrected chi connectivity index (χ0v) is 12.4. The number of amides is 1. The second-order valence-corrected chi connectivity index (χ2v) is 6.35. The molecule has 1 N–H and O–H groups in total. The summed E-state index contributed by atoms with van der Waals surface area (Å²) in [5, 5.41) is 13.3. The van der Waals surface area contributed by atoms with Crippen LogP contribution < -0.4 is 5.32 Å². The smallest absolute Gasteiger partial charge is 0.271 e. The molecule has 0 saturated carbocycles. The number of thiophene rings is 1. The van der Waals surface area contributed by atoms with Gasteiger partial charge in [0.1, 0.15) is 0 Å². The van der Waals surface area contributed by atoms with Crippen LogP contribution in [0.25, 0.3) is 0 Å². The summed E-state index contributed by atoms with van der Waals surface area (Å²) in [5.41, 5.74) is 0.212. The lowest BCUT2D eigenvalue weighted by atomic mass is 10.2. The molecule has 1 aromatic heterocycles. The topological polar surface area (TPSA) is 72.2 Å². The van der Waals surface area contributed by atoms with Crippen LogP contribution >= 0.6 is 38.9 Å². The van der Waals surface area contributed by atoms with Gasteiger partial charge in [-0.3, -0.25) is 14.9 Å². The third kappa shape index (κ3) is 3.31. The summed E-state index contributed by atoms with van der Waals surface area (Å²) in [5.74, 6) is -0.313. The van der Waals surface area contributed by atoms with E-state index >= 15 is 0 Å². The molecule has 0 bridgehead atoms. The Hall–Kier alpha value is -1.44. The van der Waals surface area contributed by atoms with Crippen LogP contribution in [0.5, 0.6) is 0 Å². The maximum Gasteiger partial charge on any atom is 0.271 e. The fraction of sp³-hybridized carbons (Fsp3) is 0. The summed E-state index contributed by atoms with van der Waals surface area (Å²) >= 11 is 10.4. The Morgan fingerprint density at radius 3 is 2.63 bits per heavy atom. The minimum absolute atomic E-state index is 0.123. The number of halogens is 2. The van der Waals surface area contributed by atoms with Crippen molar-refractivity contribution >= 4 is 56.1 Å². The van der Waals surface area contributed by atoms with Crippen LogP contribution in [-0.2, 0) is 0 Å². The summed E-state index contributed by atoms with van der Waals surface area (Å²) in [7, 11) is 0. The number of non-ortho nitro benzene ring substituents is 1. The maximum absolute atomic E-state index is 11.9. The third-order valence-corrected chi connectivity index (χ3v) is 4.14. The average Bonchev–Trinajstić information content (AvgIpc) is 2.78. The summed E-state index contributed by atoms with van der Waals surface area (Å²) in [6.45, 7) is 0. The molecule has 1 heterocycles. The molecule has 0 aliphatic carbocycles. The molecule has 1 amide bonds. The van der Waals surface area contributed by atoms with E-state index in [-0.39, 0.29) is 16.6 Å². The predicted molar refractivity (Wildman–Crippen MR) is 78.1 cm³/mol. The van der Waals surface area contributed by atoms with E-state index in [0.717, 1.165) is 3.79 Å². The van der Waals surface area contributed by atoms with Crippen molar-refractivity contribution in [3.63, 3.8) is 0 Å². The van der Waals surface area contributed by atoms with Gasteiger partial charge in [0.15, 0.2) is 0 Å². The summed E-state index contributed by atoms with van der Waals surface area (Å²) < 4.78 is 0.840. The van der Waals surface area contributed by atoms with Gasteiger partial charge in [-0.1, -0.05) is 11.6 Å². The Bertz CT molecular complexity index is 659. The highest BCUT2D eigenvalue weighted by Gasteiger charge is 2.13. The lowest BCUT2D eigenvalue weighted by Crippen LogP contribution is -2.10. The largest absolute Gasteiger partial charge is 0.320 e. The third-order valence-electron chi connectivity index (χ3n) is 2.21. The molecule has 8 heteroatoms. The van der Waals surface area contributed by atoms with E-state index in [2.05, 4.69) is 21.2 Å². The van der Waals surface area contributed by atoms with Crippen LogP contribution in [0.3, 0.4) is 0 Å². The minimum Gasteiger partial charge on any atom is -0.320 e. The summed E-state index contributed by atoms with van der Waals surface area (Å²) in [4.78, 5) is 22.4. The fourth-order valence-electron chi connectivity index (χ4n) is 1.34. The molecule has 0 atom stereocenters. The minimum atomic E-state index is -0.548. The normalized spacial score (nSPS) is 10.2. The number of nitro groups is 1. The first kappa shape index (κ1) is 14.0. The van der Waals surface area contributed by atoms with Crippen molar-refractivity contribution in [2.75, 3.05) is 5.32 Å². The highest BCUT2D eigenvalue weighted by atomic mass is 79.9. The number of nitrogens with one attached hydrogen (secondary N) is 1. The van der Waals surface area contributed by atoms with Crippen LogP contribution in [0.2, 0.25) is 5.02 Å². The van der Waals surface area contributed by atoms with Gasteiger partial charge < -0.3 is 5.32 Å². The maximum atomic E-state index is 11.9. The van der Waals surface area contributed by atoms with Crippen LogP contribution in [0, 0.1) is 10.1 Å². The van der Waals surface area contributed by atoms with Crippen LogP contribution in [0.15, 0.2) is 34.1 Å². The van der Waals surface area contributed by atoms with Crippen LogP contribution in [-0.4, -0.2) is 10.8 Å². The Labute approximate surface area is 125 Å². The van der Waals surface area contributed by atoms with Crippen molar-refractivity contribution in [1.82, 2.24) is 0 Å². The number of nitro benzene ring substituents is 1. The number of rotatable bonds is 3. The molecule has 0 aliphatic heterocycles. The van der Waals surface area contributed by atoms with Crippen LogP contribution in [0.4, 0.5) is 11.4 Å². The second kappa shape index (κ2) is 5.68. The lowest BCUT2D eigenvalue weighted by molar-refractivity contribution is -0.384. The van der Waals surface area contributed by atoms with E-state index in [1.165, 1.54) is 29.5 Å². The molecule has 0 fully saturated rings. The molecule has 98 valence electrons. The molecule has 0 aliphatic rings.